The van der Waals surface area contributed by atoms with Crippen LogP contribution in [-0.2, 0) is 4.74 Å². The first-order chi connectivity index (χ1) is 17.6. The molecule has 2 aromatic carbocycles. The molecule has 2 aromatic rings. The van der Waals surface area contributed by atoms with Gasteiger partial charge in [-0.2, -0.15) is 0 Å². The molecule has 0 spiro atoms. The van der Waals surface area contributed by atoms with Crippen molar-refractivity contribution in [2.45, 2.75) is 32.1 Å². The number of carbonyl (C=O) groups is 2. The lowest BCUT2D eigenvalue weighted by molar-refractivity contribution is 0.0374. The Balaban J connectivity index is 1.27. The number of amides is 3. The van der Waals surface area contributed by atoms with E-state index in [4.69, 9.17) is 9.47 Å². The molecule has 0 aliphatic carbocycles. The monoisotopic (exact) mass is 494 g/mol. The van der Waals surface area contributed by atoms with E-state index in [9.17, 15) is 9.59 Å². The van der Waals surface area contributed by atoms with Gasteiger partial charge in [-0.05, 0) is 74.7 Å². The molecule has 0 unspecified atom stereocenters. The summed E-state index contributed by atoms with van der Waals surface area (Å²) in [6.45, 7) is 9.05. The van der Waals surface area contributed by atoms with Crippen molar-refractivity contribution in [3.8, 4) is 5.75 Å². The van der Waals surface area contributed by atoms with Gasteiger partial charge < -0.3 is 25.0 Å². The van der Waals surface area contributed by atoms with Crippen LogP contribution in [0.15, 0.2) is 48.5 Å². The SMILES string of the molecule is CCOc1ccc(NC(=O)N2CCC[C@@H](c3cccc(C(=O)NCCCN4CCOCC4)c3)C2)cc1. The van der Waals surface area contributed by atoms with E-state index in [2.05, 4.69) is 21.6 Å². The molecule has 2 saturated heterocycles. The normalized spacial score (nSPS) is 18.5. The quantitative estimate of drug-likeness (QED) is 0.516. The first-order valence-corrected chi connectivity index (χ1v) is 13.1. The van der Waals surface area contributed by atoms with Gasteiger partial charge in [0, 0.05) is 49.9 Å². The highest BCUT2D eigenvalue weighted by Crippen LogP contribution is 2.28. The fraction of sp³-hybridized carbons (Fsp3) is 0.500. The smallest absolute Gasteiger partial charge is 0.321 e. The molecule has 194 valence electrons. The average Bonchev–Trinajstić information content (AvgIpc) is 2.93. The molecule has 2 heterocycles. The minimum atomic E-state index is -0.0991. The third kappa shape index (κ3) is 7.45. The van der Waals surface area contributed by atoms with Crippen LogP contribution in [0.25, 0.3) is 0 Å². The number of benzene rings is 2. The third-order valence-electron chi connectivity index (χ3n) is 6.79. The van der Waals surface area contributed by atoms with Gasteiger partial charge in [-0.15, -0.1) is 0 Å². The van der Waals surface area contributed by atoms with E-state index in [1.54, 1.807) is 0 Å². The van der Waals surface area contributed by atoms with Crippen molar-refractivity contribution in [2.75, 3.05) is 64.4 Å². The van der Waals surface area contributed by atoms with Crippen molar-refractivity contribution in [1.82, 2.24) is 15.1 Å². The number of nitrogens with one attached hydrogen (secondary N) is 2. The maximum Gasteiger partial charge on any atom is 0.321 e. The van der Waals surface area contributed by atoms with Crippen LogP contribution in [0, 0.1) is 0 Å². The summed E-state index contributed by atoms with van der Waals surface area (Å²) in [5.41, 5.74) is 2.53. The van der Waals surface area contributed by atoms with E-state index < -0.39 is 0 Å². The number of morpholine rings is 1. The molecule has 2 aliphatic heterocycles. The number of ether oxygens (including phenoxy) is 2. The third-order valence-corrected chi connectivity index (χ3v) is 6.79. The van der Waals surface area contributed by atoms with Gasteiger partial charge in [-0.3, -0.25) is 9.69 Å². The second kappa shape index (κ2) is 13.3. The number of nitrogens with zero attached hydrogens (tertiary/aromatic N) is 2. The number of hydrogen-bond donors (Lipinski definition) is 2. The number of carbonyl (C=O) groups excluding carboxylic acids is 2. The molecule has 2 fully saturated rings. The summed E-state index contributed by atoms with van der Waals surface area (Å²) in [5.74, 6) is 0.952. The Morgan fingerprint density at radius 3 is 2.67 bits per heavy atom. The van der Waals surface area contributed by atoms with Crippen molar-refractivity contribution < 1.29 is 19.1 Å². The van der Waals surface area contributed by atoms with Crippen molar-refractivity contribution in [3.63, 3.8) is 0 Å². The van der Waals surface area contributed by atoms with E-state index in [0.29, 0.717) is 25.3 Å². The van der Waals surface area contributed by atoms with Crippen LogP contribution < -0.4 is 15.4 Å². The van der Waals surface area contributed by atoms with Gasteiger partial charge in [0.2, 0.25) is 0 Å². The molecule has 8 nitrogen and oxygen atoms in total. The van der Waals surface area contributed by atoms with Crippen molar-refractivity contribution in [3.05, 3.63) is 59.7 Å². The number of likely N-dealkylation sites (tertiary alicyclic amines) is 1. The highest BCUT2D eigenvalue weighted by atomic mass is 16.5. The largest absolute Gasteiger partial charge is 0.494 e. The molecule has 0 radical (unpaired) electrons. The Morgan fingerprint density at radius 2 is 1.89 bits per heavy atom. The van der Waals surface area contributed by atoms with Gasteiger partial charge in [-0.1, -0.05) is 12.1 Å². The number of piperidine rings is 1. The lowest BCUT2D eigenvalue weighted by Crippen LogP contribution is -2.41. The molecule has 2 aliphatic rings. The van der Waals surface area contributed by atoms with Gasteiger partial charge in [-0.25, -0.2) is 4.79 Å². The molecule has 1 atom stereocenters. The van der Waals surface area contributed by atoms with Crippen LogP contribution in [0.1, 0.15) is 48.0 Å². The lowest BCUT2D eigenvalue weighted by atomic mass is 9.89. The summed E-state index contributed by atoms with van der Waals surface area (Å²) in [6.07, 6.45) is 2.85. The first kappa shape index (κ1) is 26.0. The van der Waals surface area contributed by atoms with Gasteiger partial charge in [0.15, 0.2) is 0 Å². The van der Waals surface area contributed by atoms with Gasteiger partial charge in [0.05, 0.1) is 19.8 Å². The molecule has 2 N–H and O–H groups in total. The summed E-state index contributed by atoms with van der Waals surface area (Å²) >= 11 is 0. The fourth-order valence-electron chi connectivity index (χ4n) is 4.80. The number of hydrogen-bond acceptors (Lipinski definition) is 5. The van der Waals surface area contributed by atoms with E-state index in [1.165, 1.54) is 0 Å². The lowest BCUT2D eigenvalue weighted by Gasteiger charge is -2.33. The number of rotatable bonds is 9. The zero-order valence-electron chi connectivity index (χ0n) is 21.2. The summed E-state index contributed by atoms with van der Waals surface area (Å²) in [6, 6.07) is 15.2. The summed E-state index contributed by atoms with van der Waals surface area (Å²) in [4.78, 5) is 29.9. The molecule has 3 amide bonds. The second-order valence-corrected chi connectivity index (χ2v) is 9.36. The van der Waals surface area contributed by atoms with E-state index in [0.717, 1.165) is 75.7 Å². The van der Waals surface area contributed by atoms with Crippen LogP contribution >= 0.6 is 0 Å². The molecular weight excluding hydrogens is 456 g/mol. The van der Waals surface area contributed by atoms with Crippen LogP contribution in [-0.4, -0.2) is 80.8 Å². The molecule has 36 heavy (non-hydrogen) atoms. The van der Waals surface area contributed by atoms with E-state index in [-0.39, 0.29) is 17.9 Å². The standard InChI is InChI=1S/C28H38N4O4/c1-2-36-26-11-9-25(10-12-26)30-28(34)32-15-4-8-24(21-32)22-6-3-7-23(20-22)27(33)29-13-5-14-31-16-18-35-19-17-31/h3,6-7,9-12,20,24H,2,4-5,8,13-19,21H2,1H3,(H,29,33)(H,30,34)/t24-/m1/s1. The van der Waals surface area contributed by atoms with Crippen molar-refractivity contribution in [2.24, 2.45) is 0 Å². The predicted octanol–water partition coefficient (Wildman–Crippen LogP) is 3.95. The highest BCUT2D eigenvalue weighted by molar-refractivity contribution is 5.94. The topological polar surface area (TPSA) is 83.1 Å². The van der Waals surface area contributed by atoms with Crippen molar-refractivity contribution in [1.29, 1.82) is 0 Å². The van der Waals surface area contributed by atoms with Crippen LogP contribution in [0.5, 0.6) is 5.75 Å². The summed E-state index contributed by atoms with van der Waals surface area (Å²) in [7, 11) is 0. The highest BCUT2D eigenvalue weighted by Gasteiger charge is 2.25. The number of anilines is 1. The molecule has 4 rings (SSSR count). The zero-order chi connectivity index (χ0) is 25.2. The minimum Gasteiger partial charge on any atom is -0.494 e. The van der Waals surface area contributed by atoms with Crippen molar-refractivity contribution >= 4 is 17.6 Å². The Labute approximate surface area is 213 Å². The average molecular weight is 495 g/mol. The van der Waals surface area contributed by atoms with Gasteiger partial charge in [0.1, 0.15) is 5.75 Å². The van der Waals surface area contributed by atoms with Crippen LogP contribution in [0.4, 0.5) is 10.5 Å². The Hall–Kier alpha value is -3.10. The first-order valence-electron chi connectivity index (χ1n) is 13.1. The molecule has 0 saturated carbocycles. The zero-order valence-corrected chi connectivity index (χ0v) is 21.2. The van der Waals surface area contributed by atoms with Crippen LogP contribution in [0.2, 0.25) is 0 Å². The van der Waals surface area contributed by atoms with E-state index in [1.807, 2.05) is 54.3 Å². The molecule has 0 bridgehead atoms. The molecule has 8 heteroatoms. The fourth-order valence-corrected chi connectivity index (χ4v) is 4.80. The minimum absolute atomic E-state index is 0.0419. The molecular formula is C28H38N4O4. The van der Waals surface area contributed by atoms with Gasteiger partial charge in [0.25, 0.3) is 5.91 Å². The Kier molecular flexibility index (Phi) is 9.58. The maximum atomic E-state index is 12.9. The summed E-state index contributed by atoms with van der Waals surface area (Å²) in [5, 5.41) is 6.05. The van der Waals surface area contributed by atoms with Gasteiger partial charge >= 0.3 is 6.03 Å². The number of urea groups is 1. The van der Waals surface area contributed by atoms with Crippen LogP contribution in [0.3, 0.4) is 0 Å². The summed E-state index contributed by atoms with van der Waals surface area (Å²) < 4.78 is 10.8. The Bertz CT molecular complexity index is 991. The maximum absolute atomic E-state index is 12.9. The molecule has 0 aromatic heterocycles. The Morgan fingerprint density at radius 1 is 1.08 bits per heavy atom. The second-order valence-electron chi connectivity index (χ2n) is 9.36. The van der Waals surface area contributed by atoms with E-state index >= 15 is 0 Å². The predicted molar refractivity (Wildman–Crippen MR) is 141 cm³/mol.